The van der Waals surface area contributed by atoms with Gasteiger partial charge in [0.2, 0.25) is 0 Å². The molecule has 0 saturated carbocycles. The van der Waals surface area contributed by atoms with Gasteiger partial charge in [0.1, 0.15) is 6.10 Å². The van der Waals surface area contributed by atoms with E-state index in [1.165, 1.54) is 0 Å². The number of carbonyl (C=O) groups excluding carboxylic acids is 1. The number of ketones is 1. The molecule has 4 heteroatoms. The Balaban J connectivity index is 1.55. The number of pyridine rings is 1. The largest absolute Gasteiger partial charge is 0.370 e. The Morgan fingerprint density at radius 3 is 3.15 bits per heavy atom. The fourth-order valence-corrected chi connectivity index (χ4v) is 3.27. The molecule has 20 heavy (non-hydrogen) atoms. The summed E-state index contributed by atoms with van der Waals surface area (Å²) in [5.74, 6) is 1.56. The van der Waals surface area contributed by atoms with E-state index in [9.17, 15) is 4.79 Å². The molecule has 1 unspecified atom stereocenters. The van der Waals surface area contributed by atoms with Crippen LogP contribution < -0.4 is 0 Å². The van der Waals surface area contributed by atoms with Crippen molar-refractivity contribution in [1.29, 1.82) is 0 Å². The Bertz CT molecular complexity index is 608. The van der Waals surface area contributed by atoms with E-state index in [4.69, 9.17) is 4.74 Å². The number of nitrogens with zero attached hydrogens (tertiary/aromatic N) is 1. The number of hydrogen-bond acceptors (Lipinski definition) is 4. The Hall–Kier alpha value is -1.39. The van der Waals surface area contributed by atoms with Crippen molar-refractivity contribution in [3.05, 3.63) is 42.1 Å². The summed E-state index contributed by atoms with van der Waals surface area (Å²) in [6, 6.07) is 10.2. The molecule has 1 aromatic heterocycles. The van der Waals surface area contributed by atoms with E-state index in [1.54, 1.807) is 11.8 Å². The standard InChI is InChI=1S/C16H17NO2S/c18-15(16-6-3-7-19-16)11-20-10-12-8-13-4-1-2-5-14(13)17-9-12/h1-2,4-5,8-9,16H,3,6-7,10-11H2. The minimum Gasteiger partial charge on any atom is -0.370 e. The van der Waals surface area contributed by atoms with Crippen LogP contribution in [0.1, 0.15) is 18.4 Å². The minimum atomic E-state index is -0.155. The molecule has 3 rings (SSSR count). The highest BCUT2D eigenvalue weighted by Crippen LogP contribution is 2.19. The maximum absolute atomic E-state index is 11.9. The predicted octanol–water partition coefficient (Wildman–Crippen LogP) is 3.22. The Kier molecular flexibility index (Phi) is 4.33. The Morgan fingerprint density at radius 1 is 1.40 bits per heavy atom. The van der Waals surface area contributed by atoms with E-state index in [1.807, 2.05) is 24.4 Å². The Morgan fingerprint density at radius 2 is 2.30 bits per heavy atom. The van der Waals surface area contributed by atoms with E-state index in [-0.39, 0.29) is 11.9 Å². The van der Waals surface area contributed by atoms with E-state index in [2.05, 4.69) is 17.1 Å². The van der Waals surface area contributed by atoms with Gasteiger partial charge in [0.25, 0.3) is 0 Å². The highest BCUT2D eigenvalue weighted by Gasteiger charge is 2.22. The molecule has 0 amide bonds. The van der Waals surface area contributed by atoms with Crippen molar-refractivity contribution in [1.82, 2.24) is 4.98 Å². The summed E-state index contributed by atoms with van der Waals surface area (Å²) in [7, 11) is 0. The second-order valence-electron chi connectivity index (χ2n) is 5.00. The lowest BCUT2D eigenvalue weighted by molar-refractivity contribution is -0.125. The van der Waals surface area contributed by atoms with Crippen molar-refractivity contribution in [3.8, 4) is 0 Å². The van der Waals surface area contributed by atoms with Crippen molar-refractivity contribution < 1.29 is 9.53 Å². The summed E-state index contributed by atoms with van der Waals surface area (Å²) in [5, 5.41) is 1.15. The number of hydrogen-bond donors (Lipinski definition) is 0. The molecule has 0 radical (unpaired) electrons. The summed E-state index contributed by atoms with van der Waals surface area (Å²) in [6.45, 7) is 0.732. The van der Waals surface area contributed by atoms with Crippen LogP contribution in [0.4, 0.5) is 0 Å². The molecule has 0 bridgehead atoms. The number of para-hydroxylation sites is 1. The maximum atomic E-state index is 11.9. The van der Waals surface area contributed by atoms with Crippen molar-refractivity contribution in [2.24, 2.45) is 0 Å². The van der Waals surface area contributed by atoms with Gasteiger partial charge in [-0.25, -0.2) is 0 Å². The topological polar surface area (TPSA) is 39.2 Å². The summed E-state index contributed by atoms with van der Waals surface area (Å²) in [4.78, 5) is 16.3. The zero-order valence-electron chi connectivity index (χ0n) is 11.2. The molecular weight excluding hydrogens is 270 g/mol. The number of Topliss-reactive ketones (excluding diaryl/α,β-unsaturated/α-hetero) is 1. The molecular formula is C16H17NO2S. The van der Waals surface area contributed by atoms with Gasteiger partial charge in [0.15, 0.2) is 5.78 Å². The third-order valence-electron chi connectivity index (χ3n) is 3.45. The third-order valence-corrected chi connectivity index (χ3v) is 4.48. The summed E-state index contributed by atoms with van der Waals surface area (Å²) in [5.41, 5.74) is 2.17. The van der Waals surface area contributed by atoms with Crippen molar-refractivity contribution >= 4 is 28.4 Å². The average molecular weight is 287 g/mol. The smallest absolute Gasteiger partial charge is 0.171 e. The number of rotatable bonds is 5. The molecule has 2 heterocycles. The molecule has 1 saturated heterocycles. The van der Waals surface area contributed by atoms with Crippen LogP contribution in [-0.4, -0.2) is 29.2 Å². The number of aromatic nitrogens is 1. The third kappa shape index (κ3) is 3.19. The normalized spacial score (nSPS) is 18.5. The average Bonchev–Trinajstić information content (AvgIpc) is 3.01. The van der Waals surface area contributed by atoms with Crippen molar-refractivity contribution in [3.63, 3.8) is 0 Å². The van der Waals surface area contributed by atoms with Crippen LogP contribution >= 0.6 is 11.8 Å². The van der Waals surface area contributed by atoms with Gasteiger partial charge in [0.05, 0.1) is 11.3 Å². The lowest BCUT2D eigenvalue weighted by atomic mass is 10.2. The lowest BCUT2D eigenvalue weighted by Crippen LogP contribution is -2.21. The van der Waals surface area contributed by atoms with Crippen LogP contribution in [0.15, 0.2) is 36.5 Å². The van der Waals surface area contributed by atoms with Crippen LogP contribution in [-0.2, 0) is 15.3 Å². The molecule has 2 aromatic rings. The second kappa shape index (κ2) is 6.37. The SMILES string of the molecule is O=C(CSCc1cnc2ccccc2c1)C1CCCO1. The van der Waals surface area contributed by atoms with Gasteiger partial charge in [-0.3, -0.25) is 9.78 Å². The van der Waals surface area contributed by atoms with Crippen LogP contribution in [0, 0.1) is 0 Å². The van der Waals surface area contributed by atoms with E-state index >= 15 is 0 Å². The van der Waals surface area contributed by atoms with Crippen LogP contribution in [0.2, 0.25) is 0 Å². The van der Waals surface area contributed by atoms with E-state index in [0.29, 0.717) is 5.75 Å². The van der Waals surface area contributed by atoms with Gasteiger partial charge < -0.3 is 4.74 Å². The maximum Gasteiger partial charge on any atom is 0.171 e. The molecule has 104 valence electrons. The molecule has 0 spiro atoms. The lowest BCUT2D eigenvalue weighted by Gasteiger charge is -2.08. The highest BCUT2D eigenvalue weighted by atomic mass is 32.2. The molecule has 1 aliphatic rings. The number of benzene rings is 1. The monoisotopic (exact) mass is 287 g/mol. The Labute approximate surface area is 122 Å². The summed E-state index contributed by atoms with van der Waals surface area (Å²) < 4.78 is 5.40. The zero-order chi connectivity index (χ0) is 13.8. The van der Waals surface area contributed by atoms with E-state index in [0.717, 1.165) is 41.7 Å². The first-order chi connectivity index (χ1) is 9.83. The quantitative estimate of drug-likeness (QED) is 0.846. The highest BCUT2D eigenvalue weighted by molar-refractivity contribution is 7.99. The van der Waals surface area contributed by atoms with Crippen LogP contribution in [0.25, 0.3) is 10.9 Å². The molecule has 1 fully saturated rings. The zero-order valence-corrected chi connectivity index (χ0v) is 12.1. The molecule has 1 aliphatic heterocycles. The molecule has 1 aromatic carbocycles. The number of ether oxygens (including phenoxy) is 1. The van der Waals surface area contributed by atoms with Gasteiger partial charge in [-0.05, 0) is 30.5 Å². The minimum absolute atomic E-state index is 0.155. The van der Waals surface area contributed by atoms with Gasteiger partial charge in [0, 0.05) is 23.9 Å². The number of carbonyl (C=O) groups is 1. The van der Waals surface area contributed by atoms with Crippen LogP contribution in [0.3, 0.4) is 0 Å². The van der Waals surface area contributed by atoms with Gasteiger partial charge >= 0.3 is 0 Å². The fourth-order valence-electron chi connectivity index (χ4n) is 2.39. The summed E-state index contributed by atoms with van der Waals surface area (Å²) >= 11 is 1.64. The molecule has 0 N–H and O–H groups in total. The second-order valence-corrected chi connectivity index (χ2v) is 5.98. The van der Waals surface area contributed by atoms with Gasteiger partial charge in [-0.15, -0.1) is 11.8 Å². The van der Waals surface area contributed by atoms with Gasteiger partial charge in [-0.1, -0.05) is 18.2 Å². The molecule has 3 nitrogen and oxygen atoms in total. The van der Waals surface area contributed by atoms with Crippen molar-refractivity contribution in [2.45, 2.75) is 24.7 Å². The first-order valence-electron chi connectivity index (χ1n) is 6.89. The number of thioether (sulfide) groups is 1. The first kappa shape index (κ1) is 13.6. The molecule has 0 aliphatic carbocycles. The summed E-state index contributed by atoms with van der Waals surface area (Å²) in [6.07, 6.45) is 3.63. The van der Waals surface area contributed by atoms with Crippen LogP contribution in [0.5, 0.6) is 0 Å². The first-order valence-corrected chi connectivity index (χ1v) is 8.04. The predicted molar refractivity (Wildman–Crippen MR) is 81.9 cm³/mol. The fraction of sp³-hybridized carbons (Fsp3) is 0.375. The molecule has 1 atom stereocenters. The van der Waals surface area contributed by atoms with Crippen molar-refractivity contribution in [2.75, 3.05) is 12.4 Å². The number of fused-ring (bicyclic) bond motifs is 1. The van der Waals surface area contributed by atoms with E-state index < -0.39 is 0 Å². The van der Waals surface area contributed by atoms with Gasteiger partial charge in [-0.2, -0.15) is 0 Å².